The molecule has 0 radical (unpaired) electrons. The van der Waals surface area contributed by atoms with Gasteiger partial charge in [-0.15, -0.1) is 0 Å². The molecule has 4 nitrogen and oxygen atoms in total. The number of pyridine rings is 1. The van der Waals surface area contributed by atoms with Gasteiger partial charge in [0.2, 0.25) is 0 Å². The molecule has 0 bridgehead atoms. The lowest BCUT2D eigenvalue weighted by Crippen LogP contribution is -2.47. The first-order valence-corrected chi connectivity index (χ1v) is 9.10. The average Bonchev–Trinajstić information content (AvgIpc) is 2.69. The summed E-state index contributed by atoms with van der Waals surface area (Å²) >= 11 is 0. The number of hydrogen-bond acceptors (Lipinski definition) is 4. The van der Waals surface area contributed by atoms with Crippen LogP contribution < -0.4 is 10.2 Å². The van der Waals surface area contributed by atoms with Crippen LogP contribution >= 0.6 is 0 Å². The van der Waals surface area contributed by atoms with Crippen molar-refractivity contribution in [2.75, 3.05) is 49.5 Å². The predicted octanol–water partition coefficient (Wildman–Crippen LogP) is 3.61. The number of hydrogen-bond donors (Lipinski definition) is 1. The van der Waals surface area contributed by atoms with Crippen molar-refractivity contribution in [2.45, 2.75) is 0 Å². The Labute approximate surface area is 153 Å². The van der Waals surface area contributed by atoms with Crippen molar-refractivity contribution in [3.05, 3.63) is 66.6 Å². The molecule has 2 heterocycles. The van der Waals surface area contributed by atoms with Gasteiger partial charge in [0.1, 0.15) is 11.6 Å². The lowest BCUT2D eigenvalue weighted by Gasteiger charge is -2.36. The zero-order chi connectivity index (χ0) is 17.8. The summed E-state index contributed by atoms with van der Waals surface area (Å²) < 4.78 is 13.4. The van der Waals surface area contributed by atoms with E-state index in [1.807, 2.05) is 6.07 Å². The van der Waals surface area contributed by atoms with Gasteiger partial charge in [0, 0.05) is 56.5 Å². The van der Waals surface area contributed by atoms with Crippen LogP contribution in [0.1, 0.15) is 0 Å². The van der Waals surface area contributed by atoms with Gasteiger partial charge < -0.3 is 10.2 Å². The number of piperazine rings is 1. The maximum atomic E-state index is 13.4. The van der Waals surface area contributed by atoms with E-state index in [-0.39, 0.29) is 5.82 Å². The van der Waals surface area contributed by atoms with Crippen LogP contribution in [-0.4, -0.2) is 49.2 Å². The fourth-order valence-corrected chi connectivity index (χ4v) is 3.49. The zero-order valence-electron chi connectivity index (χ0n) is 14.7. The summed E-state index contributed by atoms with van der Waals surface area (Å²) in [6.45, 7) is 6.03. The average molecular weight is 350 g/mol. The zero-order valence-corrected chi connectivity index (χ0v) is 14.7. The van der Waals surface area contributed by atoms with Crippen LogP contribution in [0.5, 0.6) is 0 Å². The third-order valence-corrected chi connectivity index (χ3v) is 4.94. The minimum atomic E-state index is -0.217. The van der Waals surface area contributed by atoms with Crippen LogP contribution in [0.2, 0.25) is 0 Å². The molecule has 26 heavy (non-hydrogen) atoms. The van der Waals surface area contributed by atoms with Gasteiger partial charge in [-0.25, -0.2) is 9.37 Å². The Morgan fingerprint density at radius 3 is 2.58 bits per heavy atom. The molecule has 1 saturated heterocycles. The van der Waals surface area contributed by atoms with E-state index in [0.717, 1.165) is 55.9 Å². The molecule has 1 aromatic heterocycles. The molecule has 1 fully saturated rings. The summed E-state index contributed by atoms with van der Waals surface area (Å²) in [5.41, 5.74) is 1.30. The third kappa shape index (κ3) is 3.78. The Bertz CT molecular complexity index is 860. The van der Waals surface area contributed by atoms with Gasteiger partial charge in [0.15, 0.2) is 0 Å². The maximum absolute atomic E-state index is 13.4. The number of benzene rings is 2. The lowest BCUT2D eigenvalue weighted by molar-refractivity contribution is 0.267. The molecule has 1 aliphatic heterocycles. The van der Waals surface area contributed by atoms with Crippen molar-refractivity contribution in [2.24, 2.45) is 0 Å². The van der Waals surface area contributed by atoms with Crippen LogP contribution in [0.25, 0.3) is 10.8 Å². The molecule has 0 atom stereocenters. The highest BCUT2D eigenvalue weighted by molar-refractivity contribution is 5.91. The van der Waals surface area contributed by atoms with Crippen LogP contribution in [0, 0.1) is 5.82 Å². The smallest absolute Gasteiger partial charge is 0.133 e. The van der Waals surface area contributed by atoms with Gasteiger partial charge in [-0.3, -0.25) is 4.90 Å². The summed E-state index contributed by atoms with van der Waals surface area (Å²) in [5, 5.41) is 5.24. The van der Waals surface area contributed by atoms with E-state index in [2.05, 4.69) is 50.4 Å². The molecule has 4 rings (SSSR count). The Balaban J connectivity index is 1.30. The minimum absolute atomic E-state index is 0.217. The Morgan fingerprint density at radius 1 is 0.962 bits per heavy atom. The van der Waals surface area contributed by atoms with E-state index in [9.17, 15) is 4.39 Å². The molecular weight excluding hydrogens is 327 g/mol. The van der Waals surface area contributed by atoms with Gasteiger partial charge in [-0.2, -0.15) is 0 Å². The van der Waals surface area contributed by atoms with Crippen molar-refractivity contribution in [3.63, 3.8) is 0 Å². The van der Waals surface area contributed by atoms with Crippen LogP contribution in [0.3, 0.4) is 0 Å². The lowest BCUT2D eigenvalue weighted by atomic mass is 10.1. The topological polar surface area (TPSA) is 31.4 Å². The molecule has 0 amide bonds. The molecule has 5 heteroatoms. The number of nitrogens with one attached hydrogen (secondary N) is 1. The quantitative estimate of drug-likeness (QED) is 0.762. The molecule has 0 saturated carbocycles. The van der Waals surface area contributed by atoms with Crippen molar-refractivity contribution < 1.29 is 4.39 Å². The highest BCUT2D eigenvalue weighted by Crippen LogP contribution is 2.21. The number of aromatic nitrogens is 1. The summed E-state index contributed by atoms with van der Waals surface area (Å²) in [7, 11) is 0. The summed E-state index contributed by atoms with van der Waals surface area (Å²) in [5.74, 6) is 0.608. The summed E-state index contributed by atoms with van der Waals surface area (Å²) in [4.78, 5) is 9.32. The fraction of sp³-hybridized carbons (Fsp3) is 0.286. The summed E-state index contributed by atoms with van der Waals surface area (Å²) in [6.07, 6.45) is 1.72. The monoisotopic (exact) mass is 350 g/mol. The number of fused-ring (bicyclic) bond motifs is 1. The second-order valence-electron chi connectivity index (χ2n) is 6.62. The molecule has 0 spiro atoms. The Morgan fingerprint density at radius 2 is 1.77 bits per heavy atom. The number of para-hydroxylation sites is 1. The Kier molecular flexibility index (Phi) is 4.97. The molecule has 3 aromatic rings. The standard InChI is InChI=1S/C21H23FN4/c22-18-6-7-20-17(16-18)8-9-23-21(20)24-10-11-25-12-14-26(15-13-25)19-4-2-1-3-5-19/h1-9,16H,10-15H2,(H,23,24). The second-order valence-corrected chi connectivity index (χ2v) is 6.62. The van der Waals surface area contributed by atoms with E-state index >= 15 is 0 Å². The third-order valence-electron chi connectivity index (χ3n) is 4.94. The highest BCUT2D eigenvalue weighted by atomic mass is 19.1. The fourth-order valence-electron chi connectivity index (χ4n) is 3.49. The van der Waals surface area contributed by atoms with Crippen LogP contribution in [-0.2, 0) is 0 Å². The van der Waals surface area contributed by atoms with Crippen LogP contribution in [0.4, 0.5) is 15.9 Å². The molecule has 1 N–H and O–H groups in total. The van der Waals surface area contributed by atoms with Crippen molar-refractivity contribution in [1.29, 1.82) is 0 Å². The molecule has 2 aromatic carbocycles. The van der Waals surface area contributed by atoms with Gasteiger partial charge >= 0.3 is 0 Å². The SMILES string of the molecule is Fc1ccc2c(NCCN3CCN(c4ccccc4)CC3)nccc2c1. The molecular formula is C21H23FN4. The van der Waals surface area contributed by atoms with Crippen molar-refractivity contribution in [3.8, 4) is 0 Å². The van der Waals surface area contributed by atoms with E-state index in [0.29, 0.717) is 0 Å². The maximum Gasteiger partial charge on any atom is 0.133 e. The Hall–Kier alpha value is -2.66. The van der Waals surface area contributed by atoms with Gasteiger partial charge in [0.25, 0.3) is 0 Å². The normalized spacial score (nSPS) is 15.3. The molecule has 1 aliphatic rings. The van der Waals surface area contributed by atoms with Gasteiger partial charge in [-0.1, -0.05) is 18.2 Å². The first kappa shape index (κ1) is 16.8. The van der Waals surface area contributed by atoms with Crippen LogP contribution in [0.15, 0.2) is 60.8 Å². The predicted molar refractivity (Wildman–Crippen MR) is 105 cm³/mol. The van der Waals surface area contributed by atoms with E-state index in [4.69, 9.17) is 0 Å². The minimum Gasteiger partial charge on any atom is -0.369 e. The first-order chi connectivity index (χ1) is 12.8. The largest absolute Gasteiger partial charge is 0.369 e. The van der Waals surface area contributed by atoms with Gasteiger partial charge in [0.05, 0.1) is 0 Å². The molecule has 0 aliphatic carbocycles. The van der Waals surface area contributed by atoms with E-state index in [1.54, 1.807) is 18.3 Å². The van der Waals surface area contributed by atoms with Gasteiger partial charge in [-0.05, 0) is 41.8 Å². The molecule has 134 valence electrons. The number of halogens is 1. The summed E-state index contributed by atoms with van der Waals surface area (Å²) in [6, 6.07) is 17.2. The number of rotatable bonds is 5. The van der Waals surface area contributed by atoms with E-state index < -0.39 is 0 Å². The first-order valence-electron chi connectivity index (χ1n) is 9.10. The van der Waals surface area contributed by atoms with Crippen molar-refractivity contribution >= 4 is 22.3 Å². The highest BCUT2D eigenvalue weighted by Gasteiger charge is 2.16. The molecule has 0 unspecified atom stereocenters. The van der Waals surface area contributed by atoms with E-state index in [1.165, 1.54) is 11.8 Å². The second kappa shape index (κ2) is 7.70. The number of nitrogens with zero attached hydrogens (tertiary/aromatic N) is 3. The number of anilines is 2. The van der Waals surface area contributed by atoms with Crippen molar-refractivity contribution in [1.82, 2.24) is 9.88 Å².